The molecule has 0 aliphatic heterocycles. The largest absolute Gasteiger partial charge is 0.497 e. The van der Waals surface area contributed by atoms with E-state index >= 15 is 0 Å². The van der Waals surface area contributed by atoms with E-state index in [1.54, 1.807) is 6.07 Å². The van der Waals surface area contributed by atoms with Crippen LogP contribution in [0.4, 0.5) is 0 Å². The van der Waals surface area contributed by atoms with E-state index in [2.05, 4.69) is 10.9 Å². The number of hydrazine groups is 1. The Morgan fingerprint density at radius 1 is 0.828 bits per heavy atom. The summed E-state index contributed by atoms with van der Waals surface area (Å²) in [5.41, 5.74) is 5.11. The normalized spacial score (nSPS) is 10.3. The average Bonchev–Trinajstić information content (AvgIpc) is 2.72. The zero-order chi connectivity index (χ0) is 21.6. The van der Waals surface area contributed by atoms with Gasteiger partial charge in [0.1, 0.15) is 11.5 Å². The number of carbonyl (C=O) groups is 2. The quantitative estimate of drug-likeness (QED) is 0.665. The van der Waals surface area contributed by atoms with Crippen molar-refractivity contribution in [1.82, 2.24) is 10.9 Å². The lowest BCUT2D eigenvalue weighted by molar-refractivity contribution is 0.0846. The first-order chi connectivity index (χ1) is 13.8. The lowest BCUT2D eigenvalue weighted by Crippen LogP contribution is -2.41. The molecule has 8 nitrogen and oxygen atoms in total. The van der Waals surface area contributed by atoms with Crippen molar-refractivity contribution < 1.29 is 28.5 Å². The van der Waals surface area contributed by atoms with E-state index in [1.165, 1.54) is 45.6 Å². The second-order valence-electron chi connectivity index (χ2n) is 6.17. The smallest absolute Gasteiger partial charge is 0.269 e. The van der Waals surface area contributed by atoms with E-state index in [0.717, 1.165) is 0 Å². The molecule has 156 valence electrons. The molecule has 0 aliphatic rings. The summed E-state index contributed by atoms with van der Waals surface area (Å²) in [7, 11) is 4.39. The predicted octanol–water partition coefficient (Wildman–Crippen LogP) is 3.23. The van der Waals surface area contributed by atoms with Gasteiger partial charge < -0.3 is 18.9 Å². The number of benzene rings is 2. The average molecular weight is 423 g/mol. The molecule has 29 heavy (non-hydrogen) atoms. The Kier molecular flexibility index (Phi) is 7.55. The summed E-state index contributed by atoms with van der Waals surface area (Å²) in [5, 5.41) is 0.215. The first-order valence-electron chi connectivity index (χ1n) is 8.67. The summed E-state index contributed by atoms with van der Waals surface area (Å²) >= 11 is 6.23. The molecule has 0 atom stereocenters. The van der Waals surface area contributed by atoms with Crippen LogP contribution in [-0.2, 0) is 0 Å². The topological polar surface area (TPSA) is 95.1 Å². The van der Waals surface area contributed by atoms with Crippen LogP contribution in [0.3, 0.4) is 0 Å². The molecule has 0 bridgehead atoms. The summed E-state index contributed by atoms with van der Waals surface area (Å²) < 4.78 is 21.1. The van der Waals surface area contributed by atoms with Crippen LogP contribution >= 0.6 is 11.6 Å². The van der Waals surface area contributed by atoms with Crippen molar-refractivity contribution in [3.05, 3.63) is 46.5 Å². The fourth-order valence-corrected chi connectivity index (χ4v) is 2.65. The SMILES string of the molecule is COc1cc(OC)cc(C(=O)NNC(=O)c2cc(Cl)c(OC(C)C)c(OC)c2)c1. The van der Waals surface area contributed by atoms with Crippen LogP contribution in [0.2, 0.25) is 5.02 Å². The van der Waals surface area contributed by atoms with Gasteiger partial charge in [0.15, 0.2) is 11.5 Å². The molecule has 2 N–H and O–H groups in total. The predicted molar refractivity (Wildman–Crippen MR) is 108 cm³/mol. The number of nitrogens with one attached hydrogen (secondary N) is 2. The van der Waals surface area contributed by atoms with Crippen molar-refractivity contribution in [2.45, 2.75) is 20.0 Å². The van der Waals surface area contributed by atoms with Crippen LogP contribution in [0.1, 0.15) is 34.6 Å². The van der Waals surface area contributed by atoms with Gasteiger partial charge in [0, 0.05) is 17.2 Å². The Bertz CT molecular complexity index is 879. The van der Waals surface area contributed by atoms with E-state index < -0.39 is 11.8 Å². The van der Waals surface area contributed by atoms with E-state index in [9.17, 15) is 9.59 Å². The number of ether oxygens (including phenoxy) is 4. The first kappa shape index (κ1) is 22.2. The highest BCUT2D eigenvalue weighted by Crippen LogP contribution is 2.37. The van der Waals surface area contributed by atoms with E-state index in [-0.39, 0.29) is 22.3 Å². The molecule has 0 fully saturated rings. The molecule has 9 heteroatoms. The molecule has 0 radical (unpaired) electrons. The standard InChI is InChI=1S/C20H23ClN2O6/c1-11(2)29-18-16(21)8-13(9-17(18)28-5)20(25)23-22-19(24)12-6-14(26-3)10-15(7-12)27-4/h6-11H,1-5H3,(H,22,24)(H,23,25). The van der Waals surface area contributed by atoms with Gasteiger partial charge in [-0.2, -0.15) is 0 Å². The number of carbonyl (C=O) groups excluding carboxylic acids is 2. The van der Waals surface area contributed by atoms with Gasteiger partial charge in [0.05, 0.1) is 32.5 Å². The van der Waals surface area contributed by atoms with Crippen LogP contribution in [0.15, 0.2) is 30.3 Å². The Hall–Kier alpha value is -3.13. The highest BCUT2D eigenvalue weighted by molar-refractivity contribution is 6.32. The monoisotopic (exact) mass is 422 g/mol. The summed E-state index contributed by atoms with van der Waals surface area (Å²) in [6, 6.07) is 7.56. The number of hydrogen-bond donors (Lipinski definition) is 2. The molecule has 0 aliphatic carbocycles. The van der Waals surface area contributed by atoms with Gasteiger partial charge in [-0.15, -0.1) is 0 Å². The molecule has 2 amide bonds. The molecule has 0 saturated heterocycles. The number of hydrogen-bond acceptors (Lipinski definition) is 6. The highest BCUT2D eigenvalue weighted by Gasteiger charge is 2.18. The van der Waals surface area contributed by atoms with Crippen molar-refractivity contribution >= 4 is 23.4 Å². The van der Waals surface area contributed by atoms with Gasteiger partial charge in [-0.1, -0.05) is 11.6 Å². The number of halogens is 1. The fraction of sp³-hybridized carbons (Fsp3) is 0.300. The van der Waals surface area contributed by atoms with Crippen molar-refractivity contribution in [1.29, 1.82) is 0 Å². The van der Waals surface area contributed by atoms with Gasteiger partial charge in [0.2, 0.25) is 0 Å². The van der Waals surface area contributed by atoms with Crippen LogP contribution in [0, 0.1) is 0 Å². The summed E-state index contributed by atoms with van der Waals surface area (Å²) in [6.07, 6.45) is -0.125. The number of amides is 2. The third-order valence-corrected chi connectivity index (χ3v) is 4.03. The van der Waals surface area contributed by atoms with E-state index in [1.807, 2.05) is 13.8 Å². The van der Waals surface area contributed by atoms with Crippen molar-refractivity contribution in [2.24, 2.45) is 0 Å². The first-order valence-corrected chi connectivity index (χ1v) is 9.04. The lowest BCUT2D eigenvalue weighted by atomic mass is 10.2. The third-order valence-electron chi connectivity index (χ3n) is 3.75. The highest BCUT2D eigenvalue weighted by atomic mass is 35.5. The van der Waals surface area contributed by atoms with Crippen LogP contribution in [0.25, 0.3) is 0 Å². The molecule has 2 aromatic carbocycles. The number of rotatable bonds is 7. The summed E-state index contributed by atoms with van der Waals surface area (Å²) in [5.74, 6) is 0.405. The van der Waals surface area contributed by atoms with Crippen LogP contribution in [0.5, 0.6) is 23.0 Å². The lowest BCUT2D eigenvalue weighted by Gasteiger charge is -2.16. The molecule has 2 rings (SSSR count). The molecule has 0 saturated carbocycles. The van der Waals surface area contributed by atoms with Gasteiger partial charge in [-0.3, -0.25) is 20.4 Å². The Morgan fingerprint density at radius 2 is 1.34 bits per heavy atom. The zero-order valence-corrected chi connectivity index (χ0v) is 17.5. The molecule has 0 aromatic heterocycles. The molecule has 0 unspecified atom stereocenters. The second kappa shape index (κ2) is 9.88. The molecule has 0 heterocycles. The minimum absolute atomic E-state index is 0.125. The van der Waals surface area contributed by atoms with Crippen LogP contribution < -0.4 is 29.8 Å². The maximum atomic E-state index is 12.5. The van der Waals surface area contributed by atoms with E-state index in [4.69, 9.17) is 30.5 Å². The zero-order valence-electron chi connectivity index (χ0n) is 16.8. The van der Waals surface area contributed by atoms with Gasteiger partial charge >= 0.3 is 0 Å². The van der Waals surface area contributed by atoms with Gasteiger partial charge in [-0.25, -0.2) is 0 Å². The summed E-state index contributed by atoms with van der Waals surface area (Å²) in [6.45, 7) is 3.69. The Balaban J connectivity index is 2.15. The van der Waals surface area contributed by atoms with Crippen molar-refractivity contribution in [2.75, 3.05) is 21.3 Å². The van der Waals surface area contributed by atoms with Gasteiger partial charge in [0.25, 0.3) is 11.8 Å². The molecule has 0 spiro atoms. The Morgan fingerprint density at radius 3 is 1.79 bits per heavy atom. The van der Waals surface area contributed by atoms with Crippen molar-refractivity contribution in [3.63, 3.8) is 0 Å². The summed E-state index contributed by atoms with van der Waals surface area (Å²) in [4.78, 5) is 24.8. The van der Waals surface area contributed by atoms with Crippen LogP contribution in [-0.4, -0.2) is 39.2 Å². The molecule has 2 aromatic rings. The van der Waals surface area contributed by atoms with Crippen molar-refractivity contribution in [3.8, 4) is 23.0 Å². The third kappa shape index (κ3) is 5.68. The Labute approximate surface area is 174 Å². The minimum Gasteiger partial charge on any atom is -0.497 e. The number of methoxy groups -OCH3 is 3. The minimum atomic E-state index is -0.579. The maximum absolute atomic E-state index is 12.5. The molecular formula is C20H23ClN2O6. The van der Waals surface area contributed by atoms with Gasteiger partial charge in [-0.05, 0) is 38.1 Å². The second-order valence-corrected chi connectivity index (χ2v) is 6.57. The maximum Gasteiger partial charge on any atom is 0.269 e. The van der Waals surface area contributed by atoms with E-state index in [0.29, 0.717) is 23.0 Å². The fourth-order valence-electron chi connectivity index (χ4n) is 2.40. The molecular weight excluding hydrogens is 400 g/mol.